The molecule has 154 valence electrons. The third kappa shape index (κ3) is 6.40. The number of aliphatic imine (C=N–C) groups is 1. The zero-order valence-electron chi connectivity index (χ0n) is 16.8. The van der Waals surface area contributed by atoms with Gasteiger partial charge in [0, 0.05) is 43.2 Å². The highest BCUT2D eigenvalue weighted by Crippen LogP contribution is 2.21. The first-order chi connectivity index (χ1) is 13.1. The summed E-state index contributed by atoms with van der Waals surface area (Å²) in [5.41, 5.74) is 2.21. The first-order valence-electron chi connectivity index (χ1n) is 9.35. The Hall–Kier alpha value is -1.23. The average molecular weight is 515 g/mol. The number of guanidine groups is 1. The minimum Gasteiger partial charge on any atom is -0.379 e. The Morgan fingerprint density at radius 3 is 2.61 bits per heavy atom. The molecule has 8 heteroatoms. The van der Waals surface area contributed by atoms with Crippen molar-refractivity contribution in [2.75, 3.05) is 39.9 Å². The summed E-state index contributed by atoms with van der Waals surface area (Å²) in [5.74, 6) is 0.799. The van der Waals surface area contributed by atoms with Crippen molar-refractivity contribution in [2.24, 2.45) is 4.99 Å². The van der Waals surface area contributed by atoms with E-state index in [4.69, 9.17) is 9.72 Å². The molecule has 0 spiro atoms. The molecule has 2 N–H and O–H groups in total. The van der Waals surface area contributed by atoms with E-state index in [0.717, 1.165) is 55.1 Å². The number of ether oxygens (including phenoxy) is 1. The van der Waals surface area contributed by atoms with Gasteiger partial charge in [0.15, 0.2) is 5.96 Å². The van der Waals surface area contributed by atoms with Gasteiger partial charge in [-0.3, -0.25) is 9.89 Å². The molecule has 0 saturated carbocycles. The molecule has 1 aliphatic heterocycles. The van der Waals surface area contributed by atoms with Gasteiger partial charge in [-0.1, -0.05) is 30.3 Å². The van der Waals surface area contributed by atoms with Crippen molar-refractivity contribution in [1.29, 1.82) is 0 Å². The molecular formula is C20H30IN5OS. The predicted octanol–water partition coefficient (Wildman–Crippen LogP) is 3.20. The number of thiazole rings is 1. The summed E-state index contributed by atoms with van der Waals surface area (Å²) in [6, 6.07) is 10.3. The first kappa shape index (κ1) is 23.1. The Morgan fingerprint density at radius 2 is 1.93 bits per heavy atom. The number of halogens is 1. The van der Waals surface area contributed by atoms with Crippen molar-refractivity contribution in [3.8, 4) is 11.3 Å². The maximum absolute atomic E-state index is 5.46. The van der Waals surface area contributed by atoms with Crippen LogP contribution in [0, 0.1) is 0 Å². The van der Waals surface area contributed by atoms with Crippen molar-refractivity contribution in [3.05, 3.63) is 40.7 Å². The summed E-state index contributed by atoms with van der Waals surface area (Å²) in [6.07, 6.45) is 0. The lowest BCUT2D eigenvalue weighted by molar-refractivity contribution is -0.00834. The fourth-order valence-electron chi connectivity index (χ4n) is 3.09. The average Bonchev–Trinajstić information content (AvgIpc) is 3.18. The van der Waals surface area contributed by atoms with E-state index in [1.165, 1.54) is 0 Å². The fraction of sp³-hybridized carbons (Fsp3) is 0.500. The molecule has 28 heavy (non-hydrogen) atoms. The molecule has 0 amide bonds. The van der Waals surface area contributed by atoms with E-state index in [1.54, 1.807) is 18.4 Å². The molecule has 0 aliphatic carbocycles. The summed E-state index contributed by atoms with van der Waals surface area (Å²) in [4.78, 5) is 11.5. The van der Waals surface area contributed by atoms with E-state index in [-0.39, 0.29) is 29.5 Å². The zero-order chi connectivity index (χ0) is 19.1. The largest absolute Gasteiger partial charge is 0.379 e. The molecule has 0 bridgehead atoms. The monoisotopic (exact) mass is 515 g/mol. The number of hydrogen-bond donors (Lipinski definition) is 2. The van der Waals surface area contributed by atoms with Crippen LogP contribution in [-0.2, 0) is 11.3 Å². The van der Waals surface area contributed by atoms with Crippen LogP contribution in [0.4, 0.5) is 0 Å². The van der Waals surface area contributed by atoms with Crippen LogP contribution in [0.2, 0.25) is 0 Å². The van der Waals surface area contributed by atoms with Crippen molar-refractivity contribution in [1.82, 2.24) is 20.5 Å². The minimum atomic E-state index is 0. The molecule has 1 saturated heterocycles. The molecule has 1 aliphatic rings. The van der Waals surface area contributed by atoms with Crippen LogP contribution in [-0.4, -0.2) is 61.3 Å². The standard InChI is InChI=1S/C20H29N5OS.HI/c1-20(2,25-9-11-26-12-10-25)15-23-19(21-3)22-13-18-24-17(14-27-18)16-7-5-4-6-8-16;/h4-8,14H,9-13,15H2,1-3H3,(H2,21,22,23);1H. The molecule has 1 aromatic carbocycles. The number of morpholine rings is 1. The maximum atomic E-state index is 5.46. The number of rotatable bonds is 6. The molecule has 2 heterocycles. The number of hydrogen-bond acceptors (Lipinski definition) is 5. The van der Waals surface area contributed by atoms with E-state index < -0.39 is 0 Å². The Labute approximate surface area is 188 Å². The summed E-state index contributed by atoms with van der Waals surface area (Å²) in [5, 5.41) is 9.97. The first-order valence-corrected chi connectivity index (χ1v) is 10.2. The SMILES string of the molecule is CN=C(NCc1nc(-c2ccccc2)cs1)NCC(C)(C)N1CCOCC1.I. The third-order valence-corrected chi connectivity index (χ3v) is 5.66. The van der Waals surface area contributed by atoms with Crippen LogP contribution in [0.25, 0.3) is 11.3 Å². The molecule has 3 rings (SSSR count). The zero-order valence-corrected chi connectivity index (χ0v) is 19.9. The van der Waals surface area contributed by atoms with E-state index in [9.17, 15) is 0 Å². The van der Waals surface area contributed by atoms with E-state index >= 15 is 0 Å². The molecule has 0 atom stereocenters. The molecule has 1 fully saturated rings. The van der Waals surface area contributed by atoms with Crippen molar-refractivity contribution in [3.63, 3.8) is 0 Å². The maximum Gasteiger partial charge on any atom is 0.191 e. The quantitative estimate of drug-likeness (QED) is 0.352. The number of benzene rings is 1. The Kier molecular flexibility index (Phi) is 9.13. The molecule has 0 radical (unpaired) electrons. The van der Waals surface area contributed by atoms with Crippen molar-refractivity contribution < 1.29 is 4.74 Å². The Balaban J connectivity index is 0.00000280. The van der Waals surface area contributed by atoms with Crippen molar-refractivity contribution >= 4 is 41.3 Å². The molecule has 0 unspecified atom stereocenters. The number of nitrogens with zero attached hydrogens (tertiary/aromatic N) is 3. The second-order valence-electron chi connectivity index (χ2n) is 7.18. The van der Waals surface area contributed by atoms with E-state index in [1.807, 2.05) is 18.2 Å². The van der Waals surface area contributed by atoms with Crippen LogP contribution < -0.4 is 10.6 Å². The summed E-state index contributed by atoms with van der Waals surface area (Å²) in [6.45, 7) is 9.56. The second-order valence-corrected chi connectivity index (χ2v) is 8.13. The molecule has 6 nitrogen and oxygen atoms in total. The van der Waals surface area contributed by atoms with Gasteiger partial charge in [-0.2, -0.15) is 0 Å². The normalized spacial score (nSPS) is 15.8. The number of nitrogens with one attached hydrogen (secondary N) is 2. The van der Waals surface area contributed by atoms with Crippen molar-refractivity contribution in [2.45, 2.75) is 25.9 Å². The summed E-state index contributed by atoms with van der Waals surface area (Å²) >= 11 is 1.66. The van der Waals surface area contributed by atoms with Crippen LogP contribution in [0.3, 0.4) is 0 Å². The fourth-order valence-corrected chi connectivity index (χ4v) is 3.84. The van der Waals surface area contributed by atoms with Crippen LogP contribution >= 0.6 is 35.3 Å². The predicted molar refractivity (Wildman–Crippen MR) is 128 cm³/mol. The second kappa shape index (κ2) is 11.1. The minimum absolute atomic E-state index is 0. The lowest BCUT2D eigenvalue weighted by Crippen LogP contribution is -2.56. The van der Waals surface area contributed by atoms with E-state index in [2.05, 4.69) is 51.9 Å². The van der Waals surface area contributed by atoms with Gasteiger partial charge in [-0.25, -0.2) is 4.98 Å². The third-order valence-electron chi connectivity index (χ3n) is 4.81. The van der Waals surface area contributed by atoms with Gasteiger partial charge in [0.25, 0.3) is 0 Å². The highest BCUT2D eigenvalue weighted by molar-refractivity contribution is 14.0. The molecule has 1 aromatic heterocycles. The summed E-state index contributed by atoms with van der Waals surface area (Å²) < 4.78 is 5.46. The van der Waals surface area contributed by atoms with Gasteiger partial charge >= 0.3 is 0 Å². The lowest BCUT2D eigenvalue weighted by Gasteiger charge is -2.41. The van der Waals surface area contributed by atoms with Crippen LogP contribution in [0.15, 0.2) is 40.7 Å². The molecule has 2 aromatic rings. The lowest BCUT2D eigenvalue weighted by atomic mass is 10.0. The van der Waals surface area contributed by atoms with Gasteiger partial charge in [0.1, 0.15) is 5.01 Å². The highest BCUT2D eigenvalue weighted by Gasteiger charge is 2.28. The van der Waals surface area contributed by atoms with Gasteiger partial charge in [0.05, 0.1) is 25.5 Å². The summed E-state index contributed by atoms with van der Waals surface area (Å²) in [7, 11) is 1.80. The van der Waals surface area contributed by atoms with Gasteiger partial charge in [0.2, 0.25) is 0 Å². The highest BCUT2D eigenvalue weighted by atomic mass is 127. The molecular weight excluding hydrogens is 485 g/mol. The smallest absolute Gasteiger partial charge is 0.191 e. The number of aromatic nitrogens is 1. The van der Waals surface area contributed by atoms with Gasteiger partial charge in [-0.15, -0.1) is 35.3 Å². The Bertz CT molecular complexity index is 744. The van der Waals surface area contributed by atoms with Gasteiger partial charge in [-0.05, 0) is 13.8 Å². The van der Waals surface area contributed by atoms with Gasteiger partial charge < -0.3 is 15.4 Å². The Morgan fingerprint density at radius 1 is 1.21 bits per heavy atom. The van der Waals surface area contributed by atoms with E-state index in [0.29, 0.717) is 6.54 Å². The topological polar surface area (TPSA) is 61.8 Å². The van der Waals surface area contributed by atoms with Crippen LogP contribution in [0.1, 0.15) is 18.9 Å². The van der Waals surface area contributed by atoms with Crippen LogP contribution in [0.5, 0.6) is 0 Å².